The molecule has 2 amide bonds. The Labute approximate surface area is 194 Å². The maximum absolute atomic E-state index is 12.8. The van der Waals surface area contributed by atoms with E-state index >= 15 is 0 Å². The second kappa shape index (κ2) is 8.73. The van der Waals surface area contributed by atoms with Crippen LogP contribution in [0.25, 0.3) is 10.8 Å². The highest BCUT2D eigenvalue weighted by Crippen LogP contribution is 2.36. The molecule has 4 aromatic rings. The van der Waals surface area contributed by atoms with Crippen LogP contribution in [0.15, 0.2) is 72.8 Å². The van der Waals surface area contributed by atoms with Crippen molar-refractivity contribution >= 4 is 22.5 Å². The second-order valence-electron chi connectivity index (χ2n) is 8.22. The second-order valence-corrected chi connectivity index (χ2v) is 8.22. The molecule has 172 valence electrons. The van der Waals surface area contributed by atoms with Gasteiger partial charge in [0.2, 0.25) is 0 Å². The third-order valence-electron chi connectivity index (χ3n) is 6.11. The van der Waals surface area contributed by atoms with Crippen molar-refractivity contribution in [1.82, 2.24) is 25.5 Å². The first-order valence-electron chi connectivity index (χ1n) is 11.1. The van der Waals surface area contributed by atoms with Crippen molar-refractivity contribution in [2.75, 3.05) is 18.5 Å². The molecule has 0 spiro atoms. The van der Waals surface area contributed by atoms with Crippen molar-refractivity contribution in [1.29, 1.82) is 0 Å². The number of amides is 2. The molecule has 3 aromatic carbocycles. The molecule has 0 aliphatic carbocycles. The summed E-state index contributed by atoms with van der Waals surface area (Å²) in [4.78, 5) is 12.8. The van der Waals surface area contributed by atoms with Crippen molar-refractivity contribution in [2.24, 2.45) is 0 Å². The molecule has 6 rings (SSSR count). The lowest BCUT2D eigenvalue weighted by atomic mass is 10.1. The Morgan fingerprint density at radius 3 is 2.65 bits per heavy atom. The molecule has 3 heterocycles. The minimum absolute atomic E-state index is 0.258. The number of benzene rings is 3. The summed E-state index contributed by atoms with van der Waals surface area (Å²) in [5.41, 5.74) is 0.743. The average Bonchev–Trinajstić information content (AvgIpc) is 3.58. The maximum Gasteiger partial charge on any atom is 0.341 e. The molecule has 2 N–H and O–H groups in total. The van der Waals surface area contributed by atoms with Gasteiger partial charge in [-0.15, -0.1) is 0 Å². The molecule has 2 fully saturated rings. The fraction of sp³-hybridized carbons (Fsp3) is 0.250. The van der Waals surface area contributed by atoms with E-state index in [4.69, 9.17) is 14.2 Å². The highest BCUT2D eigenvalue weighted by molar-refractivity contribution is 6.01. The number of nitrogens with one attached hydrogen (secondary N) is 2. The summed E-state index contributed by atoms with van der Waals surface area (Å²) in [6.45, 7) is 0.667. The third-order valence-corrected chi connectivity index (χ3v) is 6.11. The monoisotopic (exact) mass is 458 g/mol. The van der Waals surface area contributed by atoms with E-state index in [1.54, 1.807) is 4.68 Å². The third kappa shape index (κ3) is 3.82. The van der Waals surface area contributed by atoms with E-state index in [0.29, 0.717) is 19.0 Å². The zero-order chi connectivity index (χ0) is 22.9. The van der Waals surface area contributed by atoms with Gasteiger partial charge in [0.25, 0.3) is 0 Å². The van der Waals surface area contributed by atoms with Gasteiger partial charge in [-0.25, -0.2) is 4.79 Å². The number of carbonyl (C=O) groups is 1. The maximum atomic E-state index is 12.8. The van der Waals surface area contributed by atoms with Crippen molar-refractivity contribution in [3.63, 3.8) is 0 Å². The zero-order valence-electron chi connectivity index (χ0n) is 18.1. The predicted octanol–water partition coefficient (Wildman–Crippen LogP) is 3.15. The molecular weight excluding hydrogens is 436 g/mol. The number of anilines is 1. The van der Waals surface area contributed by atoms with E-state index in [9.17, 15) is 4.79 Å². The Morgan fingerprint density at radius 2 is 1.74 bits per heavy atom. The minimum atomic E-state index is -0.322. The Morgan fingerprint density at radius 1 is 0.941 bits per heavy atom. The van der Waals surface area contributed by atoms with Crippen LogP contribution < -0.4 is 15.4 Å². The van der Waals surface area contributed by atoms with Gasteiger partial charge in [0.1, 0.15) is 24.0 Å². The van der Waals surface area contributed by atoms with Gasteiger partial charge < -0.3 is 24.8 Å². The van der Waals surface area contributed by atoms with Crippen molar-refractivity contribution < 1.29 is 19.0 Å². The average molecular weight is 458 g/mol. The molecule has 10 heteroatoms. The lowest BCUT2D eigenvalue weighted by molar-refractivity contribution is 0.0613. The normalized spacial score (nSPS) is 23.5. The lowest BCUT2D eigenvalue weighted by Gasteiger charge is -2.18. The summed E-state index contributed by atoms with van der Waals surface area (Å²) in [6.07, 6.45) is -0.637. The van der Waals surface area contributed by atoms with Crippen LogP contribution in [0, 0.1) is 0 Å². The van der Waals surface area contributed by atoms with Crippen LogP contribution in [-0.4, -0.2) is 57.7 Å². The summed E-state index contributed by atoms with van der Waals surface area (Å²) in [5.74, 6) is 0.631. The van der Waals surface area contributed by atoms with Crippen LogP contribution in [0.1, 0.15) is 6.04 Å². The first kappa shape index (κ1) is 20.6. The standard InChI is InChI=1S/C24H22N6O4/c31-23(25-18-12-6-8-15-7-4-5-11-17(15)18)26-19-13-32-22-20(14-33-21(19)22)30-24(27-28-29-30)34-16-9-2-1-3-10-16/h1-12,19-22H,13-14H2,(H2,25,26,31). The Hall–Kier alpha value is -4.02. The fourth-order valence-corrected chi connectivity index (χ4v) is 4.53. The van der Waals surface area contributed by atoms with Gasteiger partial charge in [0, 0.05) is 5.39 Å². The molecule has 0 bridgehead atoms. The van der Waals surface area contributed by atoms with Gasteiger partial charge >= 0.3 is 12.0 Å². The number of tetrazole rings is 1. The van der Waals surface area contributed by atoms with Crippen LogP contribution in [0.3, 0.4) is 0 Å². The number of ether oxygens (including phenoxy) is 3. The van der Waals surface area contributed by atoms with Crippen LogP contribution >= 0.6 is 0 Å². The Balaban J connectivity index is 1.13. The van der Waals surface area contributed by atoms with Crippen LogP contribution in [-0.2, 0) is 9.47 Å². The topological polar surface area (TPSA) is 112 Å². The van der Waals surface area contributed by atoms with Gasteiger partial charge in [0.05, 0.1) is 24.9 Å². The number of nitrogens with zero attached hydrogens (tertiary/aromatic N) is 4. The van der Waals surface area contributed by atoms with E-state index in [1.165, 1.54) is 0 Å². The predicted molar refractivity (Wildman–Crippen MR) is 123 cm³/mol. The fourth-order valence-electron chi connectivity index (χ4n) is 4.53. The highest BCUT2D eigenvalue weighted by atomic mass is 16.6. The van der Waals surface area contributed by atoms with E-state index in [1.807, 2.05) is 72.8 Å². The molecule has 2 saturated heterocycles. The van der Waals surface area contributed by atoms with Crippen LogP contribution in [0.5, 0.6) is 11.8 Å². The molecular formula is C24H22N6O4. The number of aromatic nitrogens is 4. The first-order valence-corrected chi connectivity index (χ1v) is 11.1. The number of carbonyl (C=O) groups excluding carboxylic acids is 1. The molecule has 0 saturated carbocycles. The largest absolute Gasteiger partial charge is 0.423 e. The molecule has 34 heavy (non-hydrogen) atoms. The smallest absolute Gasteiger partial charge is 0.341 e. The van der Waals surface area contributed by atoms with Crippen molar-refractivity contribution in [3.8, 4) is 11.8 Å². The van der Waals surface area contributed by atoms with Crippen molar-refractivity contribution in [3.05, 3.63) is 72.8 Å². The minimum Gasteiger partial charge on any atom is -0.423 e. The quantitative estimate of drug-likeness (QED) is 0.472. The van der Waals surface area contributed by atoms with Crippen LogP contribution in [0.4, 0.5) is 10.5 Å². The SMILES string of the molecule is O=C(Nc1cccc2ccccc12)NC1COC2C1OCC2n1nnnc1Oc1ccccc1. The van der Waals surface area contributed by atoms with Crippen LogP contribution in [0.2, 0.25) is 0 Å². The number of hydrogen-bond acceptors (Lipinski definition) is 7. The Kier molecular flexibility index (Phi) is 5.28. The molecule has 2 aliphatic heterocycles. The zero-order valence-corrected chi connectivity index (χ0v) is 18.1. The van der Waals surface area contributed by atoms with E-state index in [-0.39, 0.29) is 36.3 Å². The number of rotatable bonds is 5. The van der Waals surface area contributed by atoms with Crippen molar-refractivity contribution in [2.45, 2.75) is 24.3 Å². The summed E-state index contributed by atoms with van der Waals surface area (Å²) < 4.78 is 19.4. The molecule has 1 aromatic heterocycles. The molecule has 2 aliphatic rings. The van der Waals surface area contributed by atoms with Gasteiger partial charge in [-0.3, -0.25) is 0 Å². The van der Waals surface area contributed by atoms with Gasteiger partial charge in [-0.05, 0) is 34.0 Å². The van der Waals surface area contributed by atoms with E-state index < -0.39 is 0 Å². The first-order chi connectivity index (χ1) is 16.8. The summed E-state index contributed by atoms with van der Waals surface area (Å²) in [7, 11) is 0. The lowest BCUT2D eigenvalue weighted by Crippen LogP contribution is -2.45. The number of para-hydroxylation sites is 1. The number of fused-ring (bicyclic) bond motifs is 2. The number of urea groups is 1. The van der Waals surface area contributed by atoms with E-state index in [0.717, 1.165) is 16.5 Å². The Bertz CT molecular complexity index is 1310. The summed E-state index contributed by atoms with van der Waals surface area (Å²) in [5, 5.41) is 19.8. The van der Waals surface area contributed by atoms with Gasteiger partial charge in [-0.1, -0.05) is 59.7 Å². The molecule has 4 unspecified atom stereocenters. The molecule has 0 radical (unpaired) electrons. The van der Waals surface area contributed by atoms with Gasteiger partial charge in [-0.2, -0.15) is 4.68 Å². The van der Waals surface area contributed by atoms with Gasteiger partial charge in [0.15, 0.2) is 0 Å². The molecule has 4 atom stereocenters. The molecule has 10 nitrogen and oxygen atoms in total. The highest BCUT2D eigenvalue weighted by Gasteiger charge is 2.50. The van der Waals surface area contributed by atoms with E-state index in [2.05, 4.69) is 26.2 Å². The summed E-state index contributed by atoms with van der Waals surface area (Å²) in [6, 6.07) is 22.4. The number of hydrogen-bond donors (Lipinski definition) is 2. The summed E-state index contributed by atoms with van der Waals surface area (Å²) >= 11 is 0.